The molecule has 1 rings (SSSR count). The summed E-state index contributed by atoms with van der Waals surface area (Å²) in [5, 5.41) is 3.36. The second-order valence-corrected chi connectivity index (χ2v) is 3.17. The van der Waals surface area contributed by atoms with Crippen molar-refractivity contribution >= 4 is 0 Å². The molecule has 1 aromatic heterocycles. The van der Waals surface area contributed by atoms with Crippen LogP contribution in [0.2, 0.25) is 0 Å². The van der Waals surface area contributed by atoms with E-state index in [1.54, 1.807) is 18.6 Å². The molecule has 0 aliphatic heterocycles. The summed E-state index contributed by atoms with van der Waals surface area (Å²) in [6.45, 7) is 6.32. The Morgan fingerprint density at radius 2 is 2.00 bits per heavy atom. The zero-order chi connectivity index (χ0) is 8.97. The summed E-state index contributed by atoms with van der Waals surface area (Å²) in [5.74, 6) is 0. The summed E-state index contributed by atoms with van der Waals surface area (Å²) >= 11 is 0. The van der Waals surface area contributed by atoms with Crippen LogP contribution in [-0.4, -0.2) is 16.0 Å². The van der Waals surface area contributed by atoms with E-state index in [1.807, 2.05) is 0 Å². The highest BCUT2D eigenvalue weighted by atomic mass is 15.0. The Kier molecular flexibility index (Phi) is 3.17. The monoisotopic (exact) mass is 165 g/mol. The molecular weight excluding hydrogens is 150 g/mol. The first-order valence-corrected chi connectivity index (χ1v) is 4.22. The van der Waals surface area contributed by atoms with E-state index in [-0.39, 0.29) is 6.04 Å². The van der Waals surface area contributed by atoms with Crippen LogP contribution in [0.3, 0.4) is 0 Å². The van der Waals surface area contributed by atoms with Crippen LogP contribution in [0, 0.1) is 0 Å². The fourth-order valence-electron chi connectivity index (χ4n) is 1.12. The first kappa shape index (κ1) is 9.13. The zero-order valence-electron chi connectivity index (χ0n) is 7.78. The summed E-state index contributed by atoms with van der Waals surface area (Å²) < 4.78 is 0. The second-order valence-electron chi connectivity index (χ2n) is 3.17. The molecule has 0 saturated carbocycles. The lowest BCUT2D eigenvalue weighted by Gasteiger charge is -2.15. The molecule has 0 aromatic carbocycles. The number of nitrogens with zero attached hydrogens (tertiary/aromatic N) is 2. The van der Waals surface area contributed by atoms with Gasteiger partial charge in [0.2, 0.25) is 0 Å². The maximum atomic E-state index is 4.21. The Bertz CT molecular complexity index is 220. The smallest absolute Gasteiger partial charge is 0.0753 e. The van der Waals surface area contributed by atoms with Gasteiger partial charge in [0, 0.05) is 30.7 Å². The average molecular weight is 165 g/mol. The number of hydrogen-bond donors (Lipinski definition) is 1. The van der Waals surface area contributed by atoms with Crippen molar-refractivity contribution < 1.29 is 0 Å². The van der Waals surface area contributed by atoms with Gasteiger partial charge in [-0.2, -0.15) is 0 Å². The van der Waals surface area contributed by atoms with Gasteiger partial charge in [0.25, 0.3) is 0 Å². The van der Waals surface area contributed by atoms with E-state index in [1.165, 1.54) is 0 Å². The highest BCUT2D eigenvalue weighted by Crippen LogP contribution is 2.06. The molecule has 0 fully saturated rings. The van der Waals surface area contributed by atoms with Gasteiger partial charge in [-0.15, -0.1) is 0 Å². The molecule has 1 atom stereocenters. The third kappa shape index (κ3) is 2.58. The first-order valence-electron chi connectivity index (χ1n) is 4.22. The average Bonchev–Trinajstić information content (AvgIpc) is 2.05. The van der Waals surface area contributed by atoms with E-state index >= 15 is 0 Å². The van der Waals surface area contributed by atoms with E-state index < -0.39 is 0 Å². The fraction of sp³-hybridized carbons (Fsp3) is 0.556. The molecule has 0 aliphatic rings. The summed E-state index contributed by atoms with van der Waals surface area (Å²) in [5.41, 5.74) is 0.992. The first-order chi connectivity index (χ1) is 5.70. The van der Waals surface area contributed by atoms with Gasteiger partial charge in [0.1, 0.15) is 0 Å². The molecule has 66 valence electrons. The largest absolute Gasteiger partial charge is 0.307 e. The molecule has 12 heavy (non-hydrogen) atoms. The molecule has 0 spiro atoms. The summed E-state index contributed by atoms with van der Waals surface area (Å²) in [6, 6.07) is 0.751. The highest BCUT2D eigenvalue weighted by molar-refractivity contribution is 5.00. The van der Waals surface area contributed by atoms with Gasteiger partial charge >= 0.3 is 0 Å². The second kappa shape index (κ2) is 4.16. The molecular formula is C9H15N3. The van der Waals surface area contributed by atoms with Crippen LogP contribution >= 0.6 is 0 Å². The van der Waals surface area contributed by atoms with E-state index in [2.05, 4.69) is 36.1 Å². The minimum Gasteiger partial charge on any atom is -0.307 e. The molecule has 1 unspecified atom stereocenters. The quantitative estimate of drug-likeness (QED) is 0.738. The predicted molar refractivity (Wildman–Crippen MR) is 48.7 cm³/mol. The molecule has 0 bridgehead atoms. The van der Waals surface area contributed by atoms with Crippen molar-refractivity contribution in [1.29, 1.82) is 0 Å². The van der Waals surface area contributed by atoms with Gasteiger partial charge in [0.15, 0.2) is 0 Å². The maximum Gasteiger partial charge on any atom is 0.0753 e. The summed E-state index contributed by atoms with van der Waals surface area (Å²) in [6.07, 6.45) is 5.19. The van der Waals surface area contributed by atoms with Gasteiger partial charge in [-0.1, -0.05) is 13.8 Å². The third-order valence-corrected chi connectivity index (χ3v) is 1.61. The molecule has 1 heterocycles. The van der Waals surface area contributed by atoms with Crippen LogP contribution in [0.5, 0.6) is 0 Å². The number of nitrogens with one attached hydrogen (secondary N) is 1. The van der Waals surface area contributed by atoms with Crippen LogP contribution in [-0.2, 0) is 0 Å². The lowest BCUT2D eigenvalue weighted by molar-refractivity contribution is 0.496. The minimum absolute atomic E-state index is 0.277. The lowest BCUT2D eigenvalue weighted by Crippen LogP contribution is -2.26. The number of rotatable bonds is 3. The van der Waals surface area contributed by atoms with Crippen molar-refractivity contribution in [3.05, 3.63) is 24.3 Å². The van der Waals surface area contributed by atoms with Crippen molar-refractivity contribution in [1.82, 2.24) is 15.3 Å². The van der Waals surface area contributed by atoms with Gasteiger partial charge in [-0.25, -0.2) is 0 Å². The van der Waals surface area contributed by atoms with Crippen LogP contribution in [0.25, 0.3) is 0 Å². The Labute approximate surface area is 73.2 Å². The Hall–Kier alpha value is -0.960. The van der Waals surface area contributed by atoms with Crippen molar-refractivity contribution in [3.63, 3.8) is 0 Å². The minimum atomic E-state index is 0.277. The summed E-state index contributed by atoms with van der Waals surface area (Å²) in [4.78, 5) is 8.22. The molecule has 0 saturated heterocycles. The maximum absolute atomic E-state index is 4.21. The van der Waals surface area contributed by atoms with E-state index in [4.69, 9.17) is 0 Å². The fourth-order valence-corrected chi connectivity index (χ4v) is 1.12. The van der Waals surface area contributed by atoms with Crippen molar-refractivity contribution in [2.45, 2.75) is 32.9 Å². The van der Waals surface area contributed by atoms with E-state index in [9.17, 15) is 0 Å². The van der Waals surface area contributed by atoms with Crippen molar-refractivity contribution in [2.24, 2.45) is 0 Å². The SMILES string of the molecule is CC(C)NC(C)c1cnccn1. The van der Waals surface area contributed by atoms with Gasteiger partial charge in [-0.3, -0.25) is 9.97 Å². The molecule has 0 amide bonds. The molecule has 1 aromatic rings. The number of hydrogen-bond acceptors (Lipinski definition) is 3. The van der Waals surface area contributed by atoms with Crippen LogP contribution in [0.1, 0.15) is 32.5 Å². The van der Waals surface area contributed by atoms with Crippen LogP contribution in [0.4, 0.5) is 0 Å². The van der Waals surface area contributed by atoms with Crippen LogP contribution in [0.15, 0.2) is 18.6 Å². The highest BCUT2D eigenvalue weighted by Gasteiger charge is 2.06. The normalized spacial score (nSPS) is 13.3. The van der Waals surface area contributed by atoms with Gasteiger partial charge < -0.3 is 5.32 Å². The van der Waals surface area contributed by atoms with Crippen molar-refractivity contribution in [3.8, 4) is 0 Å². The van der Waals surface area contributed by atoms with E-state index in [0.29, 0.717) is 6.04 Å². The third-order valence-electron chi connectivity index (χ3n) is 1.61. The van der Waals surface area contributed by atoms with Crippen LogP contribution < -0.4 is 5.32 Å². The zero-order valence-corrected chi connectivity index (χ0v) is 7.78. The Morgan fingerprint density at radius 3 is 2.50 bits per heavy atom. The Balaban J connectivity index is 2.59. The molecule has 3 heteroatoms. The number of aromatic nitrogens is 2. The van der Waals surface area contributed by atoms with Crippen molar-refractivity contribution in [2.75, 3.05) is 0 Å². The molecule has 0 radical (unpaired) electrons. The topological polar surface area (TPSA) is 37.8 Å². The molecule has 1 N–H and O–H groups in total. The van der Waals surface area contributed by atoms with E-state index in [0.717, 1.165) is 5.69 Å². The standard InChI is InChI=1S/C9H15N3/c1-7(2)12-8(3)9-6-10-4-5-11-9/h4-8,12H,1-3H3. The van der Waals surface area contributed by atoms with Gasteiger partial charge in [0.05, 0.1) is 5.69 Å². The molecule has 3 nitrogen and oxygen atoms in total. The molecule has 0 aliphatic carbocycles. The predicted octanol–water partition coefficient (Wildman–Crippen LogP) is 1.54. The Morgan fingerprint density at radius 1 is 1.25 bits per heavy atom. The summed E-state index contributed by atoms with van der Waals surface area (Å²) in [7, 11) is 0. The lowest BCUT2D eigenvalue weighted by atomic mass is 10.2. The van der Waals surface area contributed by atoms with Gasteiger partial charge in [-0.05, 0) is 6.92 Å².